The van der Waals surface area contributed by atoms with Crippen LogP contribution in [-0.4, -0.2) is 33.0 Å². The van der Waals surface area contributed by atoms with E-state index in [4.69, 9.17) is 4.74 Å². The predicted octanol–water partition coefficient (Wildman–Crippen LogP) is 3.47. The number of carbonyl (C=O) groups excluding carboxylic acids is 1. The van der Waals surface area contributed by atoms with E-state index in [1.807, 2.05) is 32.0 Å². The lowest BCUT2D eigenvalue weighted by molar-refractivity contribution is -0.123. The number of aryl methyl sites for hydroxylation is 1. The molecule has 0 radical (unpaired) electrons. The Morgan fingerprint density at radius 1 is 1.06 bits per heavy atom. The van der Waals surface area contributed by atoms with E-state index in [9.17, 15) is 13.2 Å². The largest absolute Gasteiger partial charge is 0.484 e. The first kappa shape index (κ1) is 22.3. The molecule has 1 amide bonds. The van der Waals surface area contributed by atoms with Gasteiger partial charge in [0.25, 0.3) is 15.9 Å². The minimum absolute atomic E-state index is 0.159. The van der Waals surface area contributed by atoms with Crippen molar-refractivity contribution in [1.82, 2.24) is 10.3 Å². The van der Waals surface area contributed by atoms with Crippen LogP contribution in [0, 0.1) is 6.92 Å². The van der Waals surface area contributed by atoms with Gasteiger partial charge in [0.05, 0.1) is 22.3 Å². The Hall–Kier alpha value is -3.39. The normalized spacial score (nSPS) is 12.1. The fourth-order valence-electron chi connectivity index (χ4n) is 2.90. The van der Waals surface area contributed by atoms with Crippen LogP contribution in [0.5, 0.6) is 5.75 Å². The minimum Gasteiger partial charge on any atom is -0.484 e. The number of sulfonamides is 1. The van der Waals surface area contributed by atoms with E-state index < -0.39 is 10.0 Å². The summed E-state index contributed by atoms with van der Waals surface area (Å²) in [6.45, 7) is 3.59. The van der Waals surface area contributed by atoms with Gasteiger partial charge in [-0.2, -0.15) is 0 Å². The molecule has 1 unspecified atom stereocenters. The van der Waals surface area contributed by atoms with Gasteiger partial charge in [0.2, 0.25) is 0 Å². The Balaban J connectivity index is 1.58. The van der Waals surface area contributed by atoms with Crippen LogP contribution in [-0.2, 0) is 14.8 Å². The Kier molecular flexibility index (Phi) is 6.91. The van der Waals surface area contributed by atoms with Gasteiger partial charge >= 0.3 is 0 Å². The van der Waals surface area contributed by atoms with Crippen molar-refractivity contribution in [3.63, 3.8) is 0 Å². The average Bonchev–Trinajstić information content (AvgIpc) is 2.78. The van der Waals surface area contributed by atoms with Gasteiger partial charge in [-0.05, 0) is 62.4 Å². The van der Waals surface area contributed by atoms with Crippen molar-refractivity contribution in [3.8, 4) is 5.75 Å². The number of aromatic nitrogens is 1. The van der Waals surface area contributed by atoms with Crippen molar-refractivity contribution in [2.45, 2.75) is 24.8 Å². The van der Waals surface area contributed by atoms with Crippen molar-refractivity contribution >= 4 is 21.6 Å². The van der Waals surface area contributed by atoms with Gasteiger partial charge in [-0.1, -0.05) is 23.8 Å². The van der Waals surface area contributed by atoms with Crippen LogP contribution in [0.1, 0.15) is 24.2 Å². The number of amides is 1. The van der Waals surface area contributed by atoms with Gasteiger partial charge in [0.15, 0.2) is 6.61 Å². The highest BCUT2D eigenvalue weighted by Gasteiger charge is 2.21. The molecule has 0 aliphatic heterocycles. The molecule has 1 atom stereocenters. The lowest BCUT2D eigenvalue weighted by Gasteiger charge is -2.20. The second kappa shape index (κ2) is 9.61. The zero-order valence-corrected chi connectivity index (χ0v) is 18.5. The molecule has 7 nitrogen and oxygen atoms in total. The van der Waals surface area contributed by atoms with E-state index in [0.717, 1.165) is 11.3 Å². The highest BCUT2D eigenvalue weighted by atomic mass is 32.2. The fraction of sp³-hybridized carbons (Fsp3) is 0.217. The van der Waals surface area contributed by atoms with Crippen LogP contribution >= 0.6 is 0 Å². The summed E-state index contributed by atoms with van der Waals surface area (Å²) in [5.41, 5.74) is 2.24. The van der Waals surface area contributed by atoms with Crippen molar-refractivity contribution in [1.29, 1.82) is 0 Å². The second-order valence-corrected chi connectivity index (χ2v) is 9.08. The van der Waals surface area contributed by atoms with Crippen LogP contribution < -0.4 is 14.4 Å². The van der Waals surface area contributed by atoms with Gasteiger partial charge in [0, 0.05) is 13.2 Å². The average molecular weight is 440 g/mol. The molecule has 0 bridgehead atoms. The van der Waals surface area contributed by atoms with Gasteiger partial charge < -0.3 is 10.1 Å². The number of nitrogens with one attached hydrogen (secondary N) is 1. The second-order valence-electron chi connectivity index (χ2n) is 7.11. The molecule has 0 saturated heterocycles. The number of rotatable bonds is 8. The molecule has 8 heteroatoms. The molecule has 0 aliphatic rings. The number of carbonyl (C=O) groups is 1. The Morgan fingerprint density at radius 3 is 2.35 bits per heavy atom. The van der Waals surface area contributed by atoms with Crippen LogP contribution in [0.3, 0.4) is 0 Å². The number of hydrogen-bond acceptors (Lipinski definition) is 5. The molecule has 3 aromatic rings. The van der Waals surface area contributed by atoms with E-state index >= 15 is 0 Å². The molecule has 1 N–H and O–H groups in total. The first-order valence-corrected chi connectivity index (χ1v) is 11.2. The molecule has 0 fully saturated rings. The van der Waals surface area contributed by atoms with Crippen molar-refractivity contribution < 1.29 is 17.9 Å². The first-order chi connectivity index (χ1) is 14.8. The molecule has 3 rings (SSSR count). The molecular formula is C23H25N3O4S. The highest BCUT2D eigenvalue weighted by molar-refractivity contribution is 7.92. The van der Waals surface area contributed by atoms with Crippen molar-refractivity contribution in [3.05, 3.63) is 84.2 Å². The molecular weight excluding hydrogens is 414 g/mol. The quantitative estimate of drug-likeness (QED) is 0.581. The van der Waals surface area contributed by atoms with Crippen molar-refractivity contribution in [2.24, 2.45) is 0 Å². The third-order valence-electron chi connectivity index (χ3n) is 4.76. The molecule has 0 aliphatic carbocycles. The van der Waals surface area contributed by atoms with Crippen LogP contribution in [0.25, 0.3) is 0 Å². The Labute approximate surface area is 182 Å². The number of nitrogens with zero attached hydrogens (tertiary/aromatic N) is 2. The molecule has 1 heterocycles. The van der Waals surface area contributed by atoms with Gasteiger partial charge in [-0.25, -0.2) is 8.42 Å². The Bertz CT molecular complexity index is 1120. The van der Waals surface area contributed by atoms with Crippen LogP contribution in [0.4, 0.5) is 5.69 Å². The van der Waals surface area contributed by atoms with Gasteiger partial charge in [0.1, 0.15) is 5.75 Å². The maximum atomic E-state index is 12.8. The summed E-state index contributed by atoms with van der Waals surface area (Å²) in [4.78, 5) is 16.6. The third-order valence-corrected chi connectivity index (χ3v) is 6.56. The lowest BCUT2D eigenvalue weighted by atomic mass is 10.2. The maximum Gasteiger partial charge on any atom is 0.264 e. The van der Waals surface area contributed by atoms with E-state index in [2.05, 4.69) is 10.3 Å². The molecule has 162 valence electrons. The SMILES string of the molecule is Cc1ccc(S(=O)(=O)N(C)c2ccc(OCC(=O)NC(C)c3ccccn3)cc2)cc1. The molecule has 31 heavy (non-hydrogen) atoms. The smallest absolute Gasteiger partial charge is 0.264 e. The third kappa shape index (κ3) is 5.61. The summed E-state index contributed by atoms with van der Waals surface area (Å²) in [6, 6.07) is 18.5. The zero-order chi connectivity index (χ0) is 22.4. The number of anilines is 1. The summed E-state index contributed by atoms with van der Waals surface area (Å²) in [5.74, 6) is 0.187. The molecule has 1 aromatic heterocycles. The summed E-state index contributed by atoms with van der Waals surface area (Å²) in [5, 5.41) is 2.82. The summed E-state index contributed by atoms with van der Waals surface area (Å²) in [6.07, 6.45) is 1.67. The number of hydrogen-bond donors (Lipinski definition) is 1. The maximum absolute atomic E-state index is 12.8. The van der Waals surface area contributed by atoms with E-state index in [1.54, 1.807) is 54.7 Å². The Morgan fingerprint density at radius 2 is 1.74 bits per heavy atom. The van der Waals surface area contributed by atoms with Gasteiger partial charge in [-0.3, -0.25) is 14.1 Å². The van der Waals surface area contributed by atoms with E-state index in [-0.39, 0.29) is 23.5 Å². The lowest BCUT2D eigenvalue weighted by Crippen LogP contribution is -2.31. The zero-order valence-electron chi connectivity index (χ0n) is 17.6. The molecule has 2 aromatic carbocycles. The first-order valence-electron chi connectivity index (χ1n) is 9.76. The predicted molar refractivity (Wildman–Crippen MR) is 119 cm³/mol. The van der Waals surface area contributed by atoms with Crippen LogP contribution in [0.2, 0.25) is 0 Å². The minimum atomic E-state index is -3.66. The van der Waals surface area contributed by atoms with E-state index in [1.165, 1.54) is 11.4 Å². The fourth-order valence-corrected chi connectivity index (χ4v) is 4.09. The summed E-state index contributed by atoms with van der Waals surface area (Å²) < 4.78 is 32.3. The van der Waals surface area contributed by atoms with Crippen molar-refractivity contribution in [2.75, 3.05) is 18.0 Å². The molecule has 0 spiro atoms. The highest BCUT2D eigenvalue weighted by Crippen LogP contribution is 2.24. The van der Waals surface area contributed by atoms with E-state index in [0.29, 0.717) is 11.4 Å². The number of ether oxygens (including phenoxy) is 1. The summed E-state index contributed by atoms with van der Waals surface area (Å²) in [7, 11) is -2.17. The topological polar surface area (TPSA) is 88.6 Å². The number of benzene rings is 2. The van der Waals surface area contributed by atoms with Crippen LogP contribution in [0.15, 0.2) is 77.8 Å². The summed E-state index contributed by atoms with van der Waals surface area (Å²) >= 11 is 0. The van der Waals surface area contributed by atoms with Gasteiger partial charge in [-0.15, -0.1) is 0 Å². The number of pyridine rings is 1. The monoisotopic (exact) mass is 439 g/mol. The standard InChI is InChI=1S/C23H25N3O4S/c1-17-7-13-21(14-8-17)31(28,29)26(3)19-9-11-20(12-10-19)30-16-23(27)25-18(2)22-6-4-5-15-24-22/h4-15,18H,16H2,1-3H3,(H,25,27). The molecule has 0 saturated carbocycles.